The summed E-state index contributed by atoms with van der Waals surface area (Å²) in [5.74, 6) is 1.11. The molecule has 1 atom stereocenters. The first-order valence-corrected chi connectivity index (χ1v) is 12.2. The van der Waals surface area contributed by atoms with Crippen LogP contribution in [0.3, 0.4) is 0 Å². The second-order valence-electron chi connectivity index (χ2n) is 7.81. The third kappa shape index (κ3) is 4.96. The van der Waals surface area contributed by atoms with Crippen molar-refractivity contribution >= 4 is 39.2 Å². The van der Waals surface area contributed by atoms with Crippen molar-refractivity contribution < 1.29 is 9.53 Å². The van der Waals surface area contributed by atoms with Gasteiger partial charge in [0.05, 0.1) is 23.9 Å². The van der Waals surface area contributed by atoms with Crippen LogP contribution < -0.4 is 15.6 Å². The Morgan fingerprint density at radius 3 is 2.71 bits per heavy atom. The van der Waals surface area contributed by atoms with Crippen LogP contribution in [0.1, 0.15) is 38.1 Å². The van der Waals surface area contributed by atoms with Gasteiger partial charge in [0, 0.05) is 17.0 Å². The van der Waals surface area contributed by atoms with Crippen LogP contribution in [-0.2, 0) is 11.2 Å². The van der Waals surface area contributed by atoms with E-state index in [1.54, 1.807) is 23.0 Å². The standard InChI is InChI=1S/C23H29N3O3S2/c1-7-18-14(4)20-21(31-18)25-23(30-12-19(27)24-15(5)13(2)3)26(22(20)28)16-9-8-10-17(11-16)29-6/h8-11,13,15H,7,12H2,1-6H3,(H,24,27). The summed E-state index contributed by atoms with van der Waals surface area (Å²) in [6, 6.07) is 7.41. The number of rotatable bonds is 8. The second-order valence-corrected chi connectivity index (χ2v) is 9.84. The van der Waals surface area contributed by atoms with Crippen molar-refractivity contribution in [2.75, 3.05) is 12.9 Å². The molecule has 2 heterocycles. The number of benzene rings is 1. The van der Waals surface area contributed by atoms with Gasteiger partial charge >= 0.3 is 0 Å². The van der Waals surface area contributed by atoms with Crippen molar-refractivity contribution in [1.82, 2.24) is 14.9 Å². The lowest BCUT2D eigenvalue weighted by atomic mass is 10.1. The lowest BCUT2D eigenvalue weighted by Crippen LogP contribution is -2.37. The Balaban J connectivity index is 2.08. The zero-order valence-electron chi connectivity index (χ0n) is 18.8. The highest BCUT2D eigenvalue weighted by Crippen LogP contribution is 2.31. The Bertz CT molecular complexity index is 1150. The van der Waals surface area contributed by atoms with Crippen LogP contribution >= 0.6 is 23.1 Å². The molecule has 0 bridgehead atoms. The highest BCUT2D eigenvalue weighted by molar-refractivity contribution is 7.99. The van der Waals surface area contributed by atoms with E-state index in [0.717, 1.165) is 21.7 Å². The zero-order chi connectivity index (χ0) is 22.7. The summed E-state index contributed by atoms with van der Waals surface area (Å²) in [5, 5.41) is 4.16. The number of hydrogen-bond acceptors (Lipinski definition) is 6. The molecule has 0 spiro atoms. The molecule has 0 radical (unpaired) electrons. The molecule has 1 unspecified atom stereocenters. The quantitative estimate of drug-likeness (QED) is 0.394. The summed E-state index contributed by atoms with van der Waals surface area (Å²) in [5.41, 5.74) is 1.53. The third-order valence-corrected chi connectivity index (χ3v) is 7.65. The molecule has 6 nitrogen and oxygen atoms in total. The normalized spacial score (nSPS) is 12.4. The smallest absolute Gasteiger partial charge is 0.267 e. The first-order chi connectivity index (χ1) is 14.8. The fourth-order valence-corrected chi connectivity index (χ4v) is 5.20. The Morgan fingerprint density at radius 1 is 1.32 bits per heavy atom. The molecule has 3 aromatic rings. The van der Waals surface area contributed by atoms with Crippen LogP contribution in [0.4, 0.5) is 0 Å². The average Bonchev–Trinajstić information content (AvgIpc) is 3.07. The molecule has 3 rings (SSSR count). The van der Waals surface area contributed by atoms with Gasteiger partial charge in [0.1, 0.15) is 10.6 Å². The van der Waals surface area contributed by atoms with E-state index < -0.39 is 0 Å². The second kappa shape index (κ2) is 9.87. The van der Waals surface area contributed by atoms with E-state index in [4.69, 9.17) is 9.72 Å². The van der Waals surface area contributed by atoms with Gasteiger partial charge in [0.15, 0.2) is 5.16 Å². The first-order valence-electron chi connectivity index (χ1n) is 10.4. The van der Waals surface area contributed by atoms with E-state index in [0.29, 0.717) is 27.9 Å². The van der Waals surface area contributed by atoms with Gasteiger partial charge in [0.25, 0.3) is 5.56 Å². The molecule has 31 heavy (non-hydrogen) atoms. The average molecular weight is 460 g/mol. The molecule has 166 valence electrons. The molecule has 0 aliphatic heterocycles. The minimum Gasteiger partial charge on any atom is -0.497 e. The van der Waals surface area contributed by atoms with Crippen molar-refractivity contribution in [2.45, 2.75) is 52.2 Å². The maximum Gasteiger partial charge on any atom is 0.267 e. The van der Waals surface area contributed by atoms with Gasteiger partial charge in [0.2, 0.25) is 5.91 Å². The van der Waals surface area contributed by atoms with E-state index in [-0.39, 0.29) is 23.3 Å². The lowest BCUT2D eigenvalue weighted by Gasteiger charge is -2.17. The highest BCUT2D eigenvalue weighted by Gasteiger charge is 2.20. The largest absolute Gasteiger partial charge is 0.497 e. The van der Waals surface area contributed by atoms with E-state index in [1.165, 1.54) is 11.8 Å². The van der Waals surface area contributed by atoms with Crippen LogP contribution in [0.15, 0.2) is 34.2 Å². The molecule has 1 aromatic carbocycles. The molecular formula is C23H29N3O3S2. The number of methoxy groups -OCH3 is 1. The number of carbonyl (C=O) groups is 1. The van der Waals surface area contributed by atoms with Crippen LogP contribution in [0.25, 0.3) is 15.9 Å². The molecule has 0 saturated heterocycles. The Labute approximate surface area is 191 Å². The fourth-order valence-electron chi connectivity index (χ4n) is 3.21. The molecule has 0 fully saturated rings. The molecule has 2 aromatic heterocycles. The number of thioether (sulfide) groups is 1. The molecule has 0 saturated carbocycles. The number of aromatic nitrogens is 2. The first kappa shape index (κ1) is 23.3. The van der Waals surface area contributed by atoms with E-state index in [1.807, 2.05) is 38.1 Å². The highest BCUT2D eigenvalue weighted by atomic mass is 32.2. The number of nitrogens with one attached hydrogen (secondary N) is 1. The fraction of sp³-hybridized carbons (Fsp3) is 0.435. The van der Waals surface area contributed by atoms with E-state index in [9.17, 15) is 9.59 Å². The van der Waals surface area contributed by atoms with Gasteiger partial charge in [-0.25, -0.2) is 4.98 Å². The van der Waals surface area contributed by atoms with E-state index >= 15 is 0 Å². The SMILES string of the molecule is CCc1sc2nc(SCC(=O)NC(C)C(C)C)n(-c3cccc(OC)c3)c(=O)c2c1C. The summed E-state index contributed by atoms with van der Waals surface area (Å²) in [6.45, 7) is 10.2. The van der Waals surface area contributed by atoms with Crippen molar-refractivity contribution in [1.29, 1.82) is 0 Å². The van der Waals surface area contributed by atoms with Crippen molar-refractivity contribution in [2.24, 2.45) is 5.92 Å². The van der Waals surface area contributed by atoms with Crippen molar-refractivity contribution in [3.8, 4) is 11.4 Å². The maximum atomic E-state index is 13.6. The van der Waals surface area contributed by atoms with Gasteiger partial charge in [-0.15, -0.1) is 11.3 Å². The van der Waals surface area contributed by atoms with Gasteiger partial charge in [-0.05, 0) is 43.9 Å². The summed E-state index contributed by atoms with van der Waals surface area (Å²) in [7, 11) is 1.59. The Kier molecular flexibility index (Phi) is 7.43. The number of carbonyl (C=O) groups excluding carboxylic acids is 1. The van der Waals surface area contributed by atoms with Gasteiger partial charge in [-0.3, -0.25) is 14.2 Å². The number of amides is 1. The number of nitrogens with zero attached hydrogens (tertiary/aromatic N) is 2. The molecule has 0 aliphatic rings. The van der Waals surface area contributed by atoms with Crippen LogP contribution in [0, 0.1) is 12.8 Å². The van der Waals surface area contributed by atoms with Crippen molar-refractivity contribution in [3.05, 3.63) is 45.1 Å². The molecular weight excluding hydrogens is 430 g/mol. The molecule has 0 aliphatic carbocycles. The number of thiophene rings is 1. The minimum atomic E-state index is -0.120. The molecule has 1 N–H and O–H groups in total. The van der Waals surface area contributed by atoms with Gasteiger partial charge in [-0.1, -0.05) is 38.6 Å². The number of fused-ring (bicyclic) bond motifs is 1. The minimum absolute atomic E-state index is 0.0747. The lowest BCUT2D eigenvalue weighted by molar-refractivity contribution is -0.119. The Morgan fingerprint density at radius 2 is 2.06 bits per heavy atom. The number of ether oxygens (including phenoxy) is 1. The van der Waals surface area contributed by atoms with Gasteiger partial charge < -0.3 is 10.1 Å². The van der Waals surface area contributed by atoms with Crippen LogP contribution in [0.2, 0.25) is 0 Å². The molecule has 8 heteroatoms. The summed E-state index contributed by atoms with van der Waals surface area (Å²) < 4.78 is 6.94. The maximum absolute atomic E-state index is 13.6. The van der Waals surface area contributed by atoms with Crippen LogP contribution in [-0.4, -0.2) is 34.4 Å². The topological polar surface area (TPSA) is 73.2 Å². The number of hydrogen-bond donors (Lipinski definition) is 1. The summed E-state index contributed by atoms with van der Waals surface area (Å²) >= 11 is 2.82. The molecule has 1 amide bonds. The van der Waals surface area contributed by atoms with E-state index in [2.05, 4.69) is 26.1 Å². The summed E-state index contributed by atoms with van der Waals surface area (Å²) in [4.78, 5) is 32.7. The predicted molar refractivity (Wildman–Crippen MR) is 129 cm³/mol. The zero-order valence-corrected chi connectivity index (χ0v) is 20.4. The number of aryl methyl sites for hydroxylation is 2. The summed E-state index contributed by atoms with van der Waals surface area (Å²) in [6.07, 6.45) is 0.851. The predicted octanol–water partition coefficient (Wildman–Crippen LogP) is 4.58. The van der Waals surface area contributed by atoms with Gasteiger partial charge in [-0.2, -0.15) is 0 Å². The van der Waals surface area contributed by atoms with Crippen molar-refractivity contribution in [3.63, 3.8) is 0 Å². The Hall–Kier alpha value is -2.32. The monoisotopic (exact) mass is 459 g/mol. The third-order valence-electron chi connectivity index (χ3n) is 5.39. The van der Waals surface area contributed by atoms with Crippen LogP contribution in [0.5, 0.6) is 5.75 Å².